The van der Waals surface area contributed by atoms with Gasteiger partial charge in [-0.25, -0.2) is 4.98 Å². The second kappa shape index (κ2) is 4.21. The molecule has 1 saturated heterocycles. The standard InChI is InChI=1S/C14H16N2OS/c1-2-9(8-15-6-1)14-16-13-10-5-7-17-11(10)3-4-12(13)18-14/h5,7,9,15H,1-4,6,8H2. The van der Waals surface area contributed by atoms with Crippen molar-refractivity contribution in [1.82, 2.24) is 10.3 Å². The molecule has 2 aromatic rings. The maximum absolute atomic E-state index is 5.52. The summed E-state index contributed by atoms with van der Waals surface area (Å²) in [7, 11) is 0. The van der Waals surface area contributed by atoms with Crippen LogP contribution < -0.4 is 5.32 Å². The van der Waals surface area contributed by atoms with Crippen molar-refractivity contribution < 1.29 is 4.42 Å². The molecule has 1 N–H and O–H groups in total. The second-order valence-electron chi connectivity index (χ2n) is 5.12. The number of fused-ring (bicyclic) bond motifs is 3. The molecular formula is C14H16N2OS. The van der Waals surface area contributed by atoms with E-state index in [1.165, 1.54) is 34.0 Å². The van der Waals surface area contributed by atoms with E-state index in [1.54, 1.807) is 6.26 Å². The van der Waals surface area contributed by atoms with Crippen LogP contribution in [0.15, 0.2) is 16.7 Å². The Bertz CT molecular complexity index is 566. The molecule has 0 aromatic carbocycles. The molecule has 0 amide bonds. The normalized spacial score (nSPS) is 22.6. The van der Waals surface area contributed by atoms with Gasteiger partial charge in [0.05, 0.1) is 17.0 Å². The first-order valence-electron chi connectivity index (χ1n) is 6.69. The molecule has 1 atom stereocenters. The van der Waals surface area contributed by atoms with E-state index in [-0.39, 0.29) is 0 Å². The third kappa shape index (κ3) is 1.63. The van der Waals surface area contributed by atoms with Crippen molar-refractivity contribution in [2.45, 2.75) is 31.6 Å². The molecule has 0 saturated carbocycles. The highest BCUT2D eigenvalue weighted by atomic mass is 32.1. The van der Waals surface area contributed by atoms with Crippen LogP contribution in [0.3, 0.4) is 0 Å². The van der Waals surface area contributed by atoms with Gasteiger partial charge in [-0.05, 0) is 31.9 Å². The molecule has 3 heterocycles. The molecule has 0 spiro atoms. The van der Waals surface area contributed by atoms with Crippen molar-refractivity contribution in [3.05, 3.63) is 28.0 Å². The van der Waals surface area contributed by atoms with Crippen LogP contribution in [0.4, 0.5) is 0 Å². The quantitative estimate of drug-likeness (QED) is 0.856. The van der Waals surface area contributed by atoms with Crippen molar-refractivity contribution in [1.29, 1.82) is 0 Å². The Kier molecular flexibility index (Phi) is 2.52. The average Bonchev–Trinajstić information content (AvgIpc) is 3.05. The Morgan fingerprint density at radius 2 is 2.39 bits per heavy atom. The molecule has 0 radical (unpaired) electrons. The van der Waals surface area contributed by atoms with Crippen molar-refractivity contribution in [2.24, 2.45) is 0 Å². The zero-order chi connectivity index (χ0) is 11.9. The van der Waals surface area contributed by atoms with Crippen LogP contribution in [0.1, 0.15) is 34.4 Å². The van der Waals surface area contributed by atoms with E-state index in [0.717, 1.165) is 31.7 Å². The van der Waals surface area contributed by atoms with Gasteiger partial charge in [0.15, 0.2) is 0 Å². The Hall–Kier alpha value is -1.13. The first kappa shape index (κ1) is 10.8. The number of nitrogens with zero attached hydrogens (tertiary/aromatic N) is 1. The lowest BCUT2D eigenvalue weighted by Gasteiger charge is -2.20. The predicted molar refractivity (Wildman–Crippen MR) is 72.1 cm³/mol. The lowest BCUT2D eigenvalue weighted by Crippen LogP contribution is -2.28. The molecule has 4 heteroatoms. The van der Waals surface area contributed by atoms with Crippen LogP contribution in [-0.2, 0) is 12.8 Å². The molecule has 2 aromatic heterocycles. The summed E-state index contributed by atoms with van der Waals surface area (Å²) in [6.45, 7) is 2.25. The number of thiazole rings is 1. The minimum atomic E-state index is 0.615. The van der Waals surface area contributed by atoms with Gasteiger partial charge in [0.2, 0.25) is 0 Å². The van der Waals surface area contributed by atoms with E-state index in [1.807, 2.05) is 11.3 Å². The average molecular weight is 260 g/mol. The number of hydrogen-bond acceptors (Lipinski definition) is 4. The maximum atomic E-state index is 5.52. The van der Waals surface area contributed by atoms with Crippen LogP contribution in [0.5, 0.6) is 0 Å². The van der Waals surface area contributed by atoms with Crippen molar-refractivity contribution in [3.63, 3.8) is 0 Å². The van der Waals surface area contributed by atoms with Gasteiger partial charge in [0.25, 0.3) is 0 Å². The van der Waals surface area contributed by atoms with Crippen LogP contribution >= 0.6 is 11.3 Å². The number of rotatable bonds is 1. The summed E-state index contributed by atoms with van der Waals surface area (Å²) in [4.78, 5) is 6.36. The van der Waals surface area contributed by atoms with Gasteiger partial charge < -0.3 is 9.73 Å². The highest BCUT2D eigenvalue weighted by molar-refractivity contribution is 7.12. The first-order chi connectivity index (χ1) is 8.92. The Morgan fingerprint density at radius 3 is 3.28 bits per heavy atom. The van der Waals surface area contributed by atoms with Crippen molar-refractivity contribution in [3.8, 4) is 11.3 Å². The van der Waals surface area contributed by atoms with Gasteiger partial charge in [-0.15, -0.1) is 11.3 Å². The van der Waals surface area contributed by atoms with Crippen LogP contribution in [-0.4, -0.2) is 18.1 Å². The summed E-state index contributed by atoms with van der Waals surface area (Å²) in [6, 6.07) is 2.07. The number of furan rings is 1. The topological polar surface area (TPSA) is 38.1 Å². The summed E-state index contributed by atoms with van der Waals surface area (Å²) in [5.74, 6) is 1.73. The van der Waals surface area contributed by atoms with E-state index in [4.69, 9.17) is 9.40 Å². The molecule has 0 bridgehead atoms. The smallest absolute Gasteiger partial charge is 0.113 e. The molecular weight excluding hydrogens is 244 g/mol. The molecule has 18 heavy (non-hydrogen) atoms. The van der Waals surface area contributed by atoms with Gasteiger partial charge in [-0.3, -0.25) is 0 Å². The van der Waals surface area contributed by atoms with E-state index in [9.17, 15) is 0 Å². The van der Waals surface area contributed by atoms with Crippen LogP contribution in [0, 0.1) is 0 Å². The monoisotopic (exact) mass is 260 g/mol. The third-order valence-electron chi connectivity index (χ3n) is 3.94. The molecule has 1 aliphatic carbocycles. The fourth-order valence-corrected chi connectivity index (χ4v) is 4.17. The minimum Gasteiger partial charge on any atom is -0.469 e. The van der Waals surface area contributed by atoms with Crippen LogP contribution in [0.2, 0.25) is 0 Å². The van der Waals surface area contributed by atoms with Crippen LogP contribution in [0.25, 0.3) is 11.3 Å². The van der Waals surface area contributed by atoms with Gasteiger partial charge in [-0.1, -0.05) is 0 Å². The highest BCUT2D eigenvalue weighted by Gasteiger charge is 2.26. The van der Waals surface area contributed by atoms with Gasteiger partial charge in [-0.2, -0.15) is 0 Å². The maximum Gasteiger partial charge on any atom is 0.113 e. The van der Waals surface area contributed by atoms with E-state index in [2.05, 4.69) is 11.4 Å². The predicted octanol–water partition coefficient (Wildman–Crippen LogP) is 2.97. The van der Waals surface area contributed by atoms with E-state index < -0.39 is 0 Å². The lowest BCUT2D eigenvalue weighted by molar-refractivity contribution is 0.460. The highest BCUT2D eigenvalue weighted by Crippen LogP contribution is 2.39. The zero-order valence-corrected chi connectivity index (χ0v) is 11.1. The second-order valence-corrected chi connectivity index (χ2v) is 6.24. The van der Waals surface area contributed by atoms with Crippen molar-refractivity contribution in [2.75, 3.05) is 13.1 Å². The summed E-state index contributed by atoms with van der Waals surface area (Å²) in [6.07, 6.45) is 6.46. The number of hydrogen-bond donors (Lipinski definition) is 1. The molecule has 3 nitrogen and oxygen atoms in total. The first-order valence-corrected chi connectivity index (χ1v) is 7.50. The summed E-state index contributed by atoms with van der Waals surface area (Å²) >= 11 is 1.92. The van der Waals surface area contributed by atoms with Crippen molar-refractivity contribution >= 4 is 11.3 Å². The Balaban J connectivity index is 1.73. The molecule has 4 rings (SSSR count). The number of aromatic nitrogens is 1. The summed E-state index contributed by atoms with van der Waals surface area (Å²) in [5.41, 5.74) is 2.41. The van der Waals surface area contributed by atoms with Gasteiger partial charge in [0, 0.05) is 29.3 Å². The molecule has 1 fully saturated rings. The summed E-state index contributed by atoms with van der Waals surface area (Å²) in [5, 5.41) is 4.80. The van der Waals surface area contributed by atoms with E-state index >= 15 is 0 Å². The minimum absolute atomic E-state index is 0.615. The lowest BCUT2D eigenvalue weighted by atomic mass is 9.99. The largest absolute Gasteiger partial charge is 0.469 e. The van der Waals surface area contributed by atoms with Gasteiger partial charge >= 0.3 is 0 Å². The third-order valence-corrected chi connectivity index (χ3v) is 5.22. The molecule has 2 aliphatic rings. The SMILES string of the molecule is c1cc2c(o1)CCc1sc(C3CCCNC3)nc1-2. The fraction of sp³-hybridized carbons (Fsp3) is 0.500. The Morgan fingerprint density at radius 1 is 1.39 bits per heavy atom. The number of piperidine rings is 1. The Labute approximate surface area is 110 Å². The van der Waals surface area contributed by atoms with Gasteiger partial charge in [0.1, 0.15) is 5.76 Å². The molecule has 1 unspecified atom stereocenters. The molecule has 1 aliphatic heterocycles. The molecule has 94 valence electrons. The number of aryl methyl sites for hydroxylation is 2. The number of nitrogens with one attached hydrogen (secondary N) is 1. The fourth-order valence-electron chi connectivity index (χ4n) is 2.96. The van der Waals surface area contributed by atoms with E-state index in [0.29, 0.717) is 5.92 Å². The zero-order valence-electron chi connectivity index (χ0n) is 10.2. The summed E-state index contributed by atoms with van der Waals surface area (Å²) < 4.78 is 5.52.